The summed E-state index contributed by atoms with van der Waals surface area (Å²) in [5, 5.41) is 2.46. The highest BCUT2D eigenvalue weighted by atomic mass is 35.5. The topological polar surface area (TPSA) is 52.6 Å². The van der Waals surface area contributed by atoms with E-state index >= 15 is 0 Å². The van der Waals surface area contributed by atoms with Gasteiger partial charge >= 0.3 is 0 Å². The Morgan fingerprint density at radius 2 is 1.06 bits per heavy atom. The highest BCUT2D eigenvalue weighted by Gasteiger charge is 2.20. The van der Waals surface area contributed by atoms with Crippen LogP contribution >= 0.6 is 23.2 Å². The summed E-state index contributed by atoms with van der Waals surface area (Å²) in [7, 11) is 0. The molecule has 0 aliphatic heterocycles. The van der Waals surface area contributed by atoms with Crippen molar-refractivity contribution in [1.29, 1.82) is 0 Å². The van der Waals surface area contributed by atoms with E-state index in [4.69, 9.17) is 32.7 Å². The smallest absolute Gasteiger partial charge is 0.252 e. The summed E-state index contributed by atoms with van der Waals surface area (Å²) in [6.45, 7) is 4.81. The number of ether oxygens (including phenoxy) is 2. The van der Waals surface area contributed by atoms with Crippen molar-refractivity contribution in [2.75, 3.05) is 13.2 Å². The van der Waals surface area contributed by atoms with Gasteiger partial charge in [-0.15, -0.1) is 0 Å². The Labute approximate surface area is 195 Å². The molecule has 4 aromatic rings. The van der Waals surface area contributed by atoms with Gasteiger partial charge < -0.3 is 9.47 Å². The Kier molecular flexibility index (Phi) is 6.35. The third-order valence-electron chi connectivity index (χ3n) is 5.27. The number of halogens is 2. The third-order valence-corrected chi connectivity index (χ3v) is 5.70. The van der Waals surface area contributed by atoms with E-state index < -0.39 is 10.5 Å². The Morgan fingerprint density at radius 3 is 1.41 bits per heavy atom. The van der Waals surface area contributed by atoms with Crippen LogP contribution in [-0.2, 0) is 0 Å². The number of carbonyl (C=O) groups excluding carboxylic acids is 2. The zero-order valence-electron chi connectivity index (χ0n) is 17.6. The first kappa shape index (κ1) is 22.1. The molecule has 0 saturated carbocycles. The lowest BCUT2D eigenvalue weighted by Gasteiger charge is -2.19. The molecule has 162 valence electrons. The van der Waals surface area contributed by atoms with Gasteiger partial charge in [-0.25, -0.2) is 0 Å². The minimum absolute atomic E-state index is 0.419. The molecule has 0 spiro atoms. The van der Waals surface area contributed by atoms with Crippen LogP contribution in [0.25, 0.3) is 32.7 Å². The van der Waals surface area contributed by atoms with Crippen LogP contribution in [0.15, 0.2) is 60.7 Å². The number of rotatable bonds is 7. The molecule has 0 bridgehead atoms. The minimum Gasteiger partial charge on any atom is -0.493 e. The minimum atomic E-state index is -0.513. The molecule has 0 saturated heterocycles. The van der Waals surface area contributed by atoms with E-state index in [0.29, 0.717) is 35.8 Å². The Balaban J connectivity index is 2.12. The van der Waals surface area contributed by atoms with Crippen LogP contribution in [0.3, 0.4) is 0 Å². The van der Waals surface area contributed by atoms with Crippen molar-refractivity contribution in [1.82, 2.24) is 0 Å². The molecule has 6 heteroatoms. The Bertz CT molecular complexity index is 1260. The summed E-state index contributed by atoms with van der Waals surface area (Å²) in [5.41, 5.74) is 2.53. The van der Waals surface area contributed by atoms with Gasteiger partial charge in [0.15, 0.2) is 0 Å². The molecule has 0 unspecified atom stereocenters. The molecule has 0 heterocycles. The van der Waals surface area contributed by atoms with E-state index in [-0.39, 0.29) is 0 Å². The van der Waals surface area contributed by atoms with Gasteiger partial charge in [0.25, 0.3) is 10.5 Å². The lowest BCUT2D eigenvalue weighted by atomic mass is 9.91. The molecule has 0 aliphatic rings. The summed E-state index contributed by atoms with van der Waals surface area (Å²) in [6.07, 6.45) is 0. The monoisotopic (exact) mass is 466 g/mol. The molecule has 32 heavy (non-hydrogen) atoms. The van der Waals surface area contributed by atoms with Crippen molar-refractivity contribution in [3.63, 3.8) is 0 Å². The van der Waals surface area contributed by atoms with Gasteiger partial charge in [-0.2, -0.15) is 0 Å². The lowest BCUT2D eigenvalue weighted by Crippen LogP contribution is -2.00. The van der Waals surface area contributed by atoms with E-state index in [1.54, 1.807) is 24.3 Å². The van der Waals surface area contributed by atoms with Crippen LogP contribution in [0.5, 0.6) is 11.5 Å². The fraction of sp³-hybridized carbons (Fsp3) is 0.154. The highest BCUT2D eigenvalue weighted by molar-refractivity contribution is 6.68. The van der Waals surface area contributed by atoms with Gasteiger partial charge in [0.05, 0.1) is 13.2 Å². The van der Waals surface area contributed by atoms with Gasteiger partial charge in [-0.05, 0) is 95.0 Å². The van der Waals surface area contributed by atoms with Gasteiger partial charge in [0.2, 0.25) is 0 Å². The zero-order chi connectivity index (χ0) is 22.8. The van der Waals surface area contributed by atoms with Crippen molar-refractivity contribution in [3.05, 3.63) is 71.8 Å². The maximum atomic E-state index is 11.7. The summed E-state index contributed by atoms with van der Waals surface area (Å²) < 4.78 is 12.0. The van der Waals surface area contributed by atoms with Gasteiger partial charge in [0, 0.05) is 22.3 Å². The predicted octanol–water partition coefficient (Wildman–Crippen LogP) is 7.22. The van der Waals surface area contributed by atoms with Crippen molar-refractivity contribution in [2.24, 2.45) is 0 Å². The molecule has 0 atom stereocenters. The highest BCUT2D eigenvalue weighted by Crippen LogP contribution is 2.46. The van der Waals surface area contributed by atoms with E-state index in [1.165, 1.54) is 0 Å². The van der Waals surface area contributed by atoms with E-state index in [1.807, 2.05) is 50.2 Å². The van der Waals surface area contributed by atoms with Crippen LogP contribution in [-0.4, -0.2) is 23.7 Å². The van der Waals surface area contributed by atoms with E-state index in [0.717, 1.165) is 32.7 Å². The molecule has 0 fully saturated rings. The lowest BCUT2D eigenvalue weighted by molar-refractivity contribution is 0.107. The third kappa shape index (κ3) is 4.04. The van der Waals surface area contributed by atoms with Crippen LogP contribution in [0, 0.1) is 0 Å². The molecular formula is C26H20Cl2O4. The standard InChI is InChI=1S/C26H20Cl2O4/c1-3-31-21-11-7-15-13-17(25(27)29)5-9-19(15)23(21)24-20-10-6-18(26(28)30)14-16(20)8-12-22(24)32-4-2/h5-14H,3-4H2,1-2H3. The van der Waals surface area contributed by atoms with Crippen LogP contribution in [0.2, 0.25) is 0 Å². The number of hydrogen-bond donors (Lipinski definition) is 0. The van der Waals surface area contributed by atoms with Crippen molar-refractivity contribution < 1.29 is 19.1 Å². The number of fused-ring (bicyclic) bond motifs is 2. The summed E-state index contributed by atoms with van der Waals surface area (Å²) in [6, 6.07) is 18.2. The maximum Gasteiger partial charge on any atom is 0.252 e. The molecule has 0 amide bonds. The zero-order valence-corrected chi connectivity index (χ0v) is 19.1. The van der Waals surface area contributed by atoms with Crippen LogP contribution < -0.4 is 9.47 Å². The first-order valence-corrected chi connectivity index (χ1v) is 11.0. The summed E-state index contributed by atoms with van der Waals surface area (Å²) >= 11 is 11.4. The maximum absolute atomic E-state index is 11.7. The summed E-state index contributed by atoms with van der Waals surface area (Å²) in [5.74, 6) is 1.38. The molecular weight excluding hydrogens is 447 g/mol. The second-order valence-corrected chi connectivity index (χ2v) is 7.85. The average Bonchev–Trinajstić information content (AvgIpc) is 2.78. The predicted molar refractivity (Wildman–Crippen MR) is 130 cm³/mol. The second kappa shape index (κ2) is 9.19. The fourth-order valence-electron chi connectivity index (χ4n) is 3.93. The average molecular weight is 467 g/mol. The van der Waals surface area contributed by atoms with E-state index in [2.05, 4.69) is 0 Å². The van der Waals surface area contributed by atoms with Crippen LogP contribution in [0.4, 0.5) is 0 Å². The molecule has 4 rings (SSSR count). The molecule has 0 aromatic heterocycles. The molecule has 0 aliphatic carbocycles. The van der Waals surface area contributed by atoms with Gasteiger partial charge in [-0.1, -0.05) is 24.3 Å². The van der Waals surface area contributed by atoms with Crippen molar-refractivity contribution >= 4 is 55.2 Å². The van der Waals surface area contributed by atoms with E-state index in [9.17, 15) is 9.59 Å². The largest absolute Gasteiger partial charge is 0.493 e. The number of carbonyl (C=O) groups is 2. The summed E-state index contributed by atoms with van der Waals surface area (Å²) in [4.78, 5) is 23.4. The Hall–Kier alpha value is -3.08. The van der Waals surface area contributed by atoms with Crippen LogP contribution in [0.1, 0.15) is 34.6 Å². The normalized spacial score (nSPS) is 11.0. The second-order valence-electron chi connectivity index (χ2n) is 7.16. The molecule has 4 aromatic carbocycles. The fourth-order valence-corrected chi connectivity index (χ4v) is 4.17. The first-order chi connectivity index (χ1) is 15.4. The van der Waals surface area contributed by atoms with Crippen molar-refractivity contribution in [2.45, 2.75) is 13.8 Å². The SMILES string of the molecule is CCOc1ccc2cc(C(=O)Cl)ccc2c1-c1c(OCC)ccc2cc(C(=O)Cl)ccc12. The molecule has 4 nitrogen and oxygen atoms in total. The number of hydrogen-bond acceptors (Lipinski definition) is 4. The van der Waals surface area contributed by atoms with Gasteiger partial charge in [0.1, 0.15) is 11.5 Å². The first-order valence-electron chi connectivity index (χ1n) is 10.2. The molecule has 0 N–H and O–H groups in total. The number of benzene rings is 4. The quantitative estimate of drug-likeness (QED) is 0.270. The Morgan fingerprint density at radius 1 is 0.656 bits per heavy atom. The van der Waals surface area contributed by atoms with Gasteiger partial charge in [-0.3, -0.25) is 9.59 Å². The van der Waals surface area contributed by atoms with Crippen molar-refractivity contribution in [3.8, 4) is 22.6 Å². The molecule has 0 radical (unpaired) electrons.